The van der Waals surface area contributed by atoms with E-state index in [4.69, 9.17) is 9.47 Å². The van der Waals surface area contributed by atoms with Gasteiger partial charge in [0.25, 0.3) is 0 Å². The number of hydrogen-bond donors (Lipinski definition) is 2. The van der Waals surface area contributed by atoms with Crippen LogP contribution in [0.15, 0.2) is 84.9 Å². The normalized spacial score (nSPS) is 10.3. The largest absolute Gasteiger partial charge is 0.497 e. The molecular formula is C24H22N4O2. The third-order valence-corrected chi connectivity index (χ3v) is 4.29. The molecular weight excluding hydrogens is 376 g/mol. The third kappa shape index (κ3) is 5.05. The second-order valence-electron chi connectivity index (χ2n) is 6.64. The van der Waals surface area contributed by atoms with Gasteiger partial charge in [-0.05, 0) is 55.5 Å². The Bertz CT molecular complexity index is 1120. The fourth-order valence-corrected chi connectivity index (χ4v) is 2.90. The van der Waals surface area contributed by atoms with E-state index in [1.54, 1.807) is 7.11 Å². The maximum Gasteiger partial charge on any atom is 0.229 e. The van der Waals surface area contributed by atoms with Crippen molar-refractivity contribution in [3.05, 3.63) is 90.6 Å². The van der Waals surface area contributed by atoms with Crippen molar-refractivity contribution in [1.29, 1.82) is 0 Å². The first-order valence-electron chi connectivity index (χ1n) is 9.55. The van der Waals surface area contributed by atoms with Crippen LogP contribution in [0.3, 0.4) is 0 Å². The monoisotopic (exact) mass is 398 g/mol. The SMILES string of the molecule is COc1cccc(Nc2nc(C)cc(Nc3ccc(Oc4ccccc4)cc3)n2)c1. The first kappa shape index (κ1) is 19.3. The van der Waals surface area contributed by atoms with Gasteiger partial charge in [0.1, 0.15) is 23.1 Å². The zero-order valence-corrected chi connectivity index (χ0v) is 16.8. The Morgan fingerprint density at radius 3 is 2.17 bits per heavy atom. The lowest BCUT2D eigenvalue weighted by Crippen LogP contribution is -2.02. The van der Waals surface area contributed by atoms with Crippen LogP contribution < -0.4 is 20.1 Å². The van der Waals surface area contributed by atoms with E-state index in [9.17, 15) is 0 Å². The van der Waals surface area contributed by atoms with Crippen molar-refractivity contribution in [3.8, 4) is 17.2 Å². The van der Waals surface area contributed by atoms with Crippen LogP contribution in [-0.4, -0.2) is 17.1 Å². The van der Waals surface area contributed by atoms with E-state index >= 15 is 0 Å². The van der Waals surface area contributed by atoms with Crippen LogP contribution in [0.25, 0.3) is 0 Å². The molecule has 2 N–H and O–H groups in total. The zero-order valence-electron chi connectivity index (χ0n) is 16.8. The quantitative estimate of drug-likeness (QED) is 0.394. The number of anilines is 4. The Hall–Kier alpha value is -4.06. The number of aromatic nitrogens is 2. The van der Waals surface area contributed by atoms with E-state index in [0.717, 1.165) is 34.3 Å². The maximum absolute atomic E-state index is 5.83. The van der Waals surface area contributed by atoms with Gasteiger partial charge in [-0.1, -0.05) is 24.3 Å². The standard InChI is InChI=1S/C24H22N4O2/c1-17-15-23(28-24(25-17)27-19-7-6-10-22(16-19)29-2)26-18-11-13-21(14-12-18)30-20-8-4-3-5-9-20/h3-16H,1-2H3,(H2,25,26,27,28). The van der Waals surface area contributed by atoms with Gasteiger partial charge >= 0.3 is 0 Å². The number of hydrogen-bond acceptors (Lipinski definition) is 6. The molecule has 4 rings (SSSR count). The number of nitrogens with zero attached hydrogens (tertiary/aromatic N) is 2. The highest BCUT2D eigenvalue weighted by atomic mass is 16.5. The van der Waals surface area contributed by atoms with Gasteiger partial charge < -0.3 is 20.1 Å². The number of rotatable bonds is 7. The summed E-state index contributed by atoms with van der Waals surface area (Å²) in [6.07, 6.45) is 0. The van der Waals surface area contributed by atoms with Gasteiger partial charge in [-0.15, -0.1) is 0 Å². The van der Waals surface area contributed by atoms with Crippen LogP contribution in [0.1, 0.15) is 5.69 Å². The Balaban J connectivity index is 1.46. The fraction of sp³-hybridized carbons (Fsp3) is 0.0833. The van der Waals surface area contributed by atoms with Crippen LogP contribution in [0, 0.1) is 6.92 Å². The molecule has 0 spiro atoms. The Morgan fingerprint density at radius 2 is 1.40 bits per heavy atom. The van der Waals surface area contributed by atoms with Crippen molar-refractivity contribution >= 4 is 23.1 Å². The number of nitrogens with one attached hydrogen (secondary N) is 2. The molecule has 1 heterocycles. The molecule has 0 bridgehead atoms. The molecule has 1 aromatic heterocycles. The van der Waals surface area contributed by atoms with Crippen LogP contribution in [0.5, 0.6) is 17.2 Å². The molecule has 4 aromatic rings. The van der Waals surface area contributed by atoms with Crippen molar-refractivity contribution in [1.82, 2.24) is 9.97 Å². The van der Waals surface area contributed by atoms with Gasteiger partial charge in [0, 0.05) is 29.2 Å². The lowest BCUT2D eigenvalue weighted by Gasteiger charge is -2.11. The molecule has 0 aliphatic carbocycles. The third-order valence-electron chi connectivity index (χ3n) is 4.29. The molecule has 0 radical (unpaired) electrons. The molecule has 0 atom stereocenters. The summed E-state index contributed by atoms with van der Waals surface area (Å²) in [6.45, 7) is 1.93. The molecule has 0 saturated carbocycles. The van der Waals surface area contributed by atoms with Crippen molar-refractivity contribution in [2.24, 2.45) is 0 Å². The highest BCUT2D eigenvalue weighted by Gasteiger charge is 2.05. The maximum atomic E-state index is 5.83. The number of methoxy groups -OCH3 is 1. The summed E-state index contributed by atoms with van der Waals surface area (Å²) in [4.78, 5) is 9.03. The lowest BCUT2D eigenvalue weighted by atomic mass is 10.3. The first-order valence-corrected chi connectivity index (χ1v) is 9.55. The second-order valence-corrected chi connectivity index (χ2v) is 6.64. The molecule has 0 aliphatic heterocycles. The van der Waals surface area contributed by atoms with Crippen molar-refractivity contribution < 1.29 is 9.47 Å². The minimum absolute atomic E-state index is 0.509. The molecule has 0 aliphatic rings. The molecule has 0 fully saturated rings. The van der Waals surface area contributed by atoms with Crippen molar-refractivity contribution in [2.45, 2.75) is 6.92 Å². The molecule has 3 aromatic carbocycles. The van der Waals surface area contributed by atoms with Crippen molar-refractivity contribution in [2.75, 3.05) is 17.7 Å². The van der Waals surface area contributed by atoms with E-state index in [2.05, 4.69) is 20.6 Å². The van der Waals surface area contributed by atoms with Crippen molar-refractivity contribution in [3.63, 3.8) is 0 Å². The predicted molar refractivity (Wildman–Crippen MR) is 119 cm³/mol. The average molecular weight is 398 g/mol. The smallest absolute Gasteiger partial charge is 0.229 e. The molecule has 0 saturated heterocycles. The summed E-state index contributed by atoms with van der Waals surface area (Å²) in [6, 6.07) is 26.9. The van der Waals surface area contributed by atoms with E-state index < -0.39 is 0 Å². The van der Waals surface area contributed by atoms with E-state index in [0.29, 0.717) is 11.8 Å². The van der Waals surface area contributed by atoms with E-state index in [-0.39, 0.29) is 0 Å². The molecule has 6 nitrogen and oxygen atoms in total. The lowest BCUT2D eigenvalue weighted by molar-refractivity contribution is 0.415. The van der Waals surface area contributed by atoms with Gasteiger partial charge in [0.15, 0.2) is 0 Å². The number of para-hydroxylation sites is 1. The molecule has 0 unspecified atom stereocenters. The first-order chi connectivity index (χ1) is 14.7. The topological polar surface area (TPSA) is 68.3 Å². The van der Waals surface area contributed by atoms with Crippen LogP contribution in [0.2, 0.25) is 0 Å². The van der Waals surface area contributed by atoms with Gasteiger partial charge in [0.2, 0.25) is 5.95 Å². The van der Waals surface area contributed by atoms with E-state index in [1.165, 1.54) is 0 Å². The zero-order chi connectivity index (χ0) is 20.8. The minimum Gasteiger partial charge on any atom is -0.497 e. The van der Waals surface area contributed by atoms with Crippen LogP contribution in [-0.2, 0) is 0 Å². The summed E-state index contributed by atoms with van der Waals surface area (Å²) in [7, 11) is 1.64. The second kappa shape index (κ2) is 8.96. The summed E-state index contributed by atoms with van der Waals surface area (Å²) in [5, 5.41) is 6.53. The summed E-state index contributed by atoms with van der Waals surface area (Å²) < 4.78 is 11.1. The fourth-order valence-electron chi connectivity index (χ4n) is 2.90. The molecule has 30 heavy (non-hydrogen) atoms. The number of ether oxygens (including phenoxy) is 2. The Labute approximate surface area is 175 Å². The Morgan fingerprint density at radius 1 is 0.667 bits per heavy atom. The Kier molecular flexibility index (Phi) is 5.75. The molecule has 0 amide bonds. The summed E-state index contributed by atoms with van der Waals surface area (Å²) in [5.74, 6) is 3.55. The predicted octanol–water partition coefficient (Wildman–Crippen LogP) is 6.07. The molecule has 6 heteroatoms. The van der Waals surface area contributed by atoms with Gasteiger partial charge in [-0.2, -0.15) is 4.98 Å². The summed E-state index contributed by atoms with van der Waals surface area (Å²) in [5.41, 5.74) is 2.61. The highest BCUT2D eigenvalue weighted by molar-refractivity contribution is 5.61. The van der Waals surface area contributed by atoms with Gasteiger partial charge in [-0.25, -0.2) is 4.98 Å². The summed E-state index contributed by atoms with van der Waals surface area (Å²) >= 11 is 0. The van der Waals surface area contributed by atoms with Crippen LogP contribution >= 0.6 is 0 Å². The van der Waals surface area contributed by atoms with Crippen LogP contribution in [0.4, 0.5) is 23.1 Å². The number of aryl methyl sites for hydroxylation is 1. The van der Waals surface area contributed by atoms with Gasteiger partial charge in [0.05, 0.1) is 7.11 Å². The van der Waals surface area contributed by atoms with E-state index in [1.807, 2.05) is 91.9 Å². The van der Waals surface area contributed by atoms with Gasteiger partial charge in [-0.3, -0.25) is 0 Å². The molecule has 150 valence electrons. The highest BCUT2D eigenvalue weighted by Crippen LogP contribution is 2.25. The number of benzene rings is 3. The average Bonchev–Trinajstić information content (AvgIpc) is 2.76. The minimum atomic E-state index is 0.509.